The molecule has 1 aliphatic rings. The van der Waals surface area contributed by atoms with Crippen molar-refractivity contribution >= 4 is 41.3 Å². The number of phenolic OH excluding ortho intramolecular Hbond substituents is 1. The van der Waals surface area contributed by atoms with Crippen molar-refractivity contribution in [2.24, 2.45) is 0 Å². The van der Waals surface area contributed by atoms with Crippen molar-refractivity contribution in [2.75, 3.05) is 31.6 Å². The molecule has 0 amide bonds. The summed E-state index contributed by atoms with van der Waals surface area (Å²) in [7, 11) is 1.51. The Balaban J connectivity index is 0.000000222. The smallest absolute Gasteiger partial charge is 0.196 e. The van der Waals surface area contributed by atoms with E-state index in [1.54, 1.807) is 36.4 Å². The first kappa shape index (κ1) is 31.1. The zero-order chi connectivity index (χ0) is 27.8. The Kier molecular flexibility index (Phi) is 11.5. The fraction of sp³-hybridized carbons (Fsp3) is 0.242. The number of carbonyl (C=O) groups excluding carboxylic acids is 1. The SMILES string of the molecule is CCN(CC)C(C)CN1c2ccccc2Sc2ccccc21.COc1ccc(C(=O)c2ccccc2)c(O)c1.Cl. The Morgan fingerprint density at radius 2 is 1.43 bits per heavy atom. The van der Waals surface area contributed by atoms with Crippen LogP contribution in [0, 0.1) is 0 Å². The van der Waals surface area contributed by atoms with Crippen molar-refractivity contribution < 1.29 is 14.6 Å². The number of para-hydroxylation sites is 2. The third-order valence-electron chi connectivity index (χ3n) is 6.90. The summed E-state index contributed by atoms with van der Waals surface area (Å²) in [6, 6.07) is 31.5. The molecule has 5 rings (SSSR count). The number of carbonyl (C=O) groups is 1. The Labute approximate surface area is 248 Å². The highest BCUT2D eigenvalue weighted by molar-refractivity contribution is 7.99. The highest BCUT2D eigenvalue weighted by Crippen LogP contribution is 2.47. The first-order chi connectivity index (χ1) is 19.0. The van der Waals surface area contributed by atoms with Crippen LogP contribution in [-0.4, -0.2) is 48.6 Å². The van der Waals surface area contributed by atoms with E-state index in [0.717, 1.165) is 19.6 Å². The molecule has 1 N–H and O–H groups in total. The summed E-state index contributed by atoms with van der Waals surface area (Å²) in [4.78, 5) is 19.8. The van der Waals surface area contributed by atoms with Gasteiger partial charge in [-0.1, -0.05) is 80.2 Å². The van der Waals surface area contributed by atoms with Crippen LogP contribution in [0.15, 0.2) is 107 Å². The van der Waals surface area contributed by atoms with E-state index >= 15 is 0 Å². The Morgan fingerprint density at radius 1 is 0.875 bits per heavy atom. The average molecular weight is 577 g/mol. The number of rotatable bonds is 8. The van der Waals surface area contributed by atoms with Gasteiger partial charge in [-0.25, -0.2) is 0 Å². The van der Waals surface area contributed by atoms with Gasteiger partial charge in [0.15, 0.2) is 5.78 Å². The molecule has 210 valence electrons. The van der Waals surface area contributed by atoms with Crippen molar-refractivity contribution in [1.82, 2.24) is 4.90 Å². The highest BCUT2D eigenvalue weighted by atomic mass is 35.5. The molecule has 1 aliphatic heterocycles. The van der Waals surface area contributed by atoms with Gasteiger partial charge in [0.2, 0.25) is 0 Å². The maximum absolute atomic E-state index is 12.1. The topological polar surface area (TPSA) is 53.0 Å². The third kappa shape index (κ3) is 7.19. The average Bonchev–Trinajstić information content (AvgIpc) is 2.98. The number of aromatic hydroxyl groups is 1. The molecule has 40 heavy (non-hydrogen) atoms. The number of nitrogens with zero attached hydrogens (tertiary/aromatic N) is 2. The van der Waals surface area contributed by atoms with E-state index in [-0.39, 0.29) is 29.5 Å². The molecule has 0 saturated carbocycles. The van der Waals surface area contributed by atoms with Gasteiger partial charge in [-0.2, -0.15) is 0 Å². The maximum Gasteiger partial charge on any atom is 0.196 e. The van der Waals surface area contributed by atoms with Crippen LogP contribution >= 0.6 is 24.2 Å². The van der Waals surface area contributed by atoms with Crippen LogP contribution in [0.5, 0.6) is 11.5 Å². The lowest BCUT2D eigenvalue weighted by molar-refractivity contribution is 0.103. The number of methoxy groups -OCH3 is 1. The van der Waals surface area contributed by atoms with Gasteiger partial charge in [0, 0.05) is 34.0 Å². The minimum Gasteiger partial charge on any atom is -0.507 e. The number of fused-ring (bicyclic) bond motifs is 2. The summed E-state index contributed by atoms with van der Waals surface area (Å²) in [5, 5.41) is 9.75. The van der Waals surface area contributed by atoms with E-state index in [1.165, 1.54) is 34.3 Å². The number of ketones is 1. The largest absolute Gasteiger partial charge is 0.507 e. The molecule has 1 unspecified atom stereocenters. The molecule has 0 fully saturated rings. The number of hydrogen-bond acceptors (Lipinski definition) is 6. The number of phenols is 1. The van der Waals surface area contributed by atoms with Crippen LogP contribution in [0.25, 0.3) is 0 Å². The number of benzene rings is 4. The molecule has 0 aromatic heterocycles. The van der Waals surface area contributed by atoms with Gasteiger partial charge in [0.1, 0.15) is 11.5 Å². The van der Waals surface area contributed by atoms with Gasteiger partial charge < -0.3 is 14.7 Å². The lowest BCUT2D eigenvalue weighted by atomic mass is 10.0. The van der Waals surface area contributed by atoms with Gasteiger partial charge in [0.25, 0.3) is 0 Å². The molecule has 0 bridgehead atoms. The molecule has 0 saturated heterocycles. The molecular formula is C33H37ClN2O3S. The molecule has 0 spiro atoms. The van der Waals surface area contributed by atoms with E-state index in [1.807, 2.05) is 17.8 Å². The van der Waals surface area contributed by atoms with Crippen LogP contribution in [0.3, 0.4) is 0 Å². The fourth-order valence-electron chi connectivity index (χ4n) is 4.78. The Bertz CT molecular complexity index is 1350. The Hall–Kier alpha value is -3.45. The lowest BCUT2D eigenvalue weighted by Crippen LogP contribution is -2.41. The van der Waals surface area contributed by atoms with E-state index < -0.39 is 0 Å². The number of anilines is 2. The minimum absolute atomic E-state index is 0. The van der Waals surface area contributed by atoms with Crippen molar-refractivity contribution in [2.45, 2.75) is 36.6 Å². The summed E-state index contributed by atoms with van der Waals surface area (Å²) in [5.41, 5.74) is 3.50. The molecule has 0 radical (unpaired) electrons. The number of likely N-dealkylation sites (N-methyl/N-ethyl adjacent to an activating group) is 1. The second-order valence-electron chi connectivity index (χ2n) is 9.30. The van der Waals surface area contributed by atoms with E-state index in [9.17, 15) is 9.90 Å². The first-order valence-corrected chi connectivity index (χ1v) is 14.1. The van der Waals surface area contributed by atoms with Gasteiger partial charge in [-0.3, -0.25) is 9.69 Å². The van der Waals surface area contributed by atoms with Crippen molar-refractivity contribution in [3.8, 4) is 11.5 Å². The minimum atomic E-state index is -0.203. The highest BCUT2D eigenvalue weighted by Gasteiger charge is 2.25. The van der Waals surface area contributed by atoms with Crippen LogP contribution < -0.4 is 9.64 Å². The van der Waals surface area contributed by atoms with Crippen molar-refractivity contribution in [3.05, 3.63) is 108 Å². The number of halogens is 1. The molecule has 0 aliphatic carbocycles. The predicted molar refractivity (Wildman–Crippen MR) is 168 cm³/mol. The summed E-state index contributed by atoms with van der Waals surface area (Å²) >= 11 is 1.88. The van der Waals surface area contributed by atoms with Gasteiger partial charge in [-0.15, -0.1) is 12.4 Å². The van der Waals surface area contributed by atoms with Crippen LogP contribution in [0.4, 0.5) is 11.4 Å². The summed E-state index contributed by atoms with van der Waals surface area (Å²) in [6.45, 7) is 10.0. The van der Waals surface area contributed by atoms with Crippen molar-refractivity contribution in [1.29, 1.82) is 0 Å². The molecule has 4 aromatic carbocycles. The van der Waals surface area contributed by atoms with Gasteiger partial charge in [0.05, 0.1) is 24.0 Å². The zero-order valence-corrected chi connectivity index (χ0v) is 25.0. The van der Waals surface area contributed by atoms with Crippen LogP contribution in [0.2, 0.25) is 0 Å². The molecule has 7 heteroatoms. The van der Waals surface area contributed by atoms with E-state index in [2.05, 4.69) is 79.1 Å². The second-order valence-corrected chi connectivity index (χ2v) is 10.4. The third-order valence-corrected chi connectivity index (χ3v) is 8.03. The fourth-order valence-corrected chi connectivity index (χ4v) is 5.88. The summed E-state index contributed by atoms with van der Waals surface area (Å²) in [5.74, 6) is 0.246. The van der Waals surface area contributed by atoms with Crippen LogP contribution in [0.1, 0.15) is 36.7 Å². The van der Waals surface area contributed by atoms with Crippen molar-refractivity contribution in [3.63, 3.8) is 0 Å². The van der Waals surface area contributed by atoms with E-state index in [4.69, 9.17) is 4.74 Å². The summed E-state index contributed by atoms with van der Waals surface area (Å²) < 4.78 is 4.96. The van der Waals surface area contributed by atoms with E-state index in [0.29, 0.717) is 17.4 Å². The zero-order valence-electron chi connectivity index (χ0n) is 23.4. The number of hydrogen-bond donors (Lipinski definition) is 1. The molecule has 4 aromatic rings. The predicted octanol–water partition coefficient (Wildman–Crippen LogP) is 8.07. The number of ether oxygens (including phenoxy) is 1. The maximum atomic E-state index is 12.1. The van der Waals surface area contributed by atoms with Gasteiger partial charge in [-0.05, 0) is 56.4 Å². The normalized spacial score (nSPS) is 12.3. The Morgan fingerprint density at radius 3 is 1.95 bits per heavy atom. The quantitative estimate of drug-likeness (QED) is 0.214. The molecular weight excluding hydrogens is 540 g/mol. The summed E-state index contributed by atoms with van der Waals surface area (Å²) in [6.07, 6.45) is 0. The van der Waals surface area contributed by atoms with Crippen LogP contribution in [-0.2, 0) is 0 Å². The monoisotopic (exact) mass is 576 g/mol. The molecule has 5 nitrogen and oxygen atoms in total. The second kappa shape index (κ2) is 14.8. The lowest BCUT2D eigenvalue weighted by Gasteiger charge is -2.37. The van der Waals surface area contributed by atoms with Gasteiger partial charge >= 0.3 is 0 Å². The molecule has 1 atom stereocenters. The standard InChI is InChI=1S/C19H24N2S.C14H12O3.ClH/c1-4-20(5-2)15(3)14-21-16-10-6-8-12-18(16)22-19-13-9-7-11-17(19)21;1-17-11-7-8-12(13(15)9-11)14(16)10-5-3-2-4-6-10;/h6-13,15H,4-5,14H2,1-3H3;2-9,15H,1H3;1H. The first-order valence-electron chi connectivity index (χ1n) is 13.3. The molecule has 1 heterocycles.